The van der Waals surface area contributed by atoms with Crippen molar-refractivity contribution >= 4 is 44.3 Å². The SMILES string of the molecule is O=C(OCCCN1C(=O)c2cccc3c(N4CCCCC4)ccc(c23)C1=O)c1ccc(S(=O)(=O)N2CCOCC2)cc1. The minimum Gasteiger partial charge on any atom is -0.462 e. The number of hydrogen-bond acceptors (Lipinski definition) is 8. The Morgan fingerprint density at radius 2 is 1.52 bits per heavy atom. The summed E-state index contributed by atoms with van der Waals surface area (Å²) in [6.07, 6.45) is 3.73. The van der Waals surface area contributed by atoms with Gasteiger partial charge in [0, 0.05) is 60.3 Å². The summed E-state index contributed by atoms with van der Waals surface area (Å²) in [6, 6.07) is 15.0. The summed E-state index contributed by atoms with van der Waals surface area (Å²) in [7, 11) is -3.66. The number of imide groups is 1. The van der Waals surface area contributed by atoms with Gasteiger partial charge in [0.1, 0.15) is 0 Å². The number of ether oxygens (including phenoxy) is 2. The number of morpholine rings is 1. The van der Waals surface area contributed by atoms with Crippen molar-refractivity contribution < 1.29 is 32.3 Å². The van der Waals surface area contributed by atoms with Crippen LogP contribution in [-0.4, -0.2) is 88.0 Å². The summed E-state index contributed by atoms with van der Waals surface area (Å²) >= 11 is 0. The lowest BCUT2D eigenvalue weighted by Gasteiger charge is -2.32. The van der Waals surface area contributed by atoms with Crippen molar-refractivity contribution in [2.45, 2.75) is 30.6 Å². The molecule has 3 aliphatic rings. The van der Waals surface area contributed by atoms with E-state index in [4.69, 9.17) is 9.47 Å². The zero-order chi connectivity index (χ0) is 29.3. The quantitative estimate of drug-likeness (QED) is 0.221. The summed E-state index contributed by atoms with van der Waals surface area (Å²) in [5, 5.41) is 1.63. The van der Waals surface area contributed by atoms with E-state index in [1.807, 2.05) is 24.3 Å². The van der Waals surface area contributed by atoms with Crippen LogP contribution in [0.15, 0.2) is 59.5 Å². The lowest BCUT2D eigenvalue weighted by atomic mass is 9.92. The molecule has 3 aromatic rings. The first-order valence-corrected chi connectivity index (χ1v) is 15.8. The molecule has 0 atom stereocenters. The summed E-state index contributed by atoms with van der Waals surface area (Å²) in [5.74, 6) is -1.31. The van der Waals surface area contributed by atoms with Crippen LogP contribution < -0.4 is 4.90 Å². The van der Waals surface area contributed by atoms with Crippen molar-refractivity contribution in [2.24, 2.45) is 0 Å². The van der Waals surface area contributed by atoms with Crippen molar-refractivity contribution in [3.63, 3.8) is 0 Å². The van der Waals surface area contributed by atoms with E-state index in [1.54, 1.807) is 6.07 Å². The van der Waals surface area contributed by atoms with Gasteiger partial charge in [-0.1, -0.05) is 12.1 Å². The summed E-state index contributed by atoms with van der Waals surface area (Å²) < 4.78 is 37.6. The van der Waals surface area contributed by atoms with E-state index in [0.29, 0.717) is 29.7 Å². The van der Waals surface area contributed by atoms with Gasteiger partial charge in [0.2, 0.25) is 10.0 Å². The van der Waals surface area contributed by atoms with Crippen LogP contribution in [0.1, 0.15) is 56.8 Å². The molecule has 42 heavy (non-hydrogen) atoms. The Kier molecular flexibility index (Phi) is 7.98. The van der Waals surface area contributed by atoms with Crippen LogP contribution >= 0.6 is 0 Å². The molecule has 3 aliphatic heterocycles. The van der Waals surface area contributed by atoms with Gasteiger partial charge < -0.3 is 14.4 Å². The van der Waals surface area contributed by atoms with Crippen molar-refractivity contribution in [1.29, 1.82) is 0 Å². The zero-order valence-corrected chi connectivity index (χ0v) is 24.1. The Hall–Kier alpha value is -3.80. The molecule has 0 saturated carbocycles. The predicted molar refractivity (Wildman–Crippen MR) is 156 cm³/mol. The first kappa shape index (κ1) is 28.3. The molecule has 11 heteroatoms. The number of amides is 2. The van der Waals surface area contributed by atoms with Crippen LogP contribution in [-0.2, 0) is 19.5 Å². The Labute approximate surface area is 244 Å². The van der Waals surface area contributed by atoms with E-state index in [9.17, 15) is 22.8 Å². The Morgan fingerprint density at radius 3 is 2.24 bits per heavy atom. The number of sulfonamides is 1. The number of benzene rings is 3. The van der Waals surface area contributed by atoms with E-state index < -0.39 is 16.0 Å². The molecular formula is C31H33N3O7S. The maximum absolute atomic E-state index is 13.4. The molecule has 3 aromatic carbocycles. The van der Waals surface area contributed by atoms with E-state index in [2.05, 4.69) is 4.90 Å². The number of rotatable bonds is 8. The van der Waals surface area contributed by atoms with Gasteiger partial charge in [-0.3, -0.25) is 14.5 Å². The molecule has 3 heterocycles. The number of nitrogens with zero attached hydrogens (tertiary/aromatic N) is 3. The highest BCUT2D eigenvalue weighted by Gasteiger charge is 2.33. The van der Waals surface area contributed by atoms with E-state index >= 15 is 0 Å². The zero-order valence-electron chi connectivity index (χ0n) is 23.3. The smallest absolute Gasteiger partial charge is 0.338 e. The molecule has 0 aromatic heterocycles. The van der Waals surface area contributed by atoms with Gasteiger partial charge in [-0.2, -0.15) is 4.31 Å². The lowest BCUT2D eigenvalue weighted by Crippen LogP contribution is -2.41. The molecule has 0 unspecified atom stereocenters. The maximum Gasteiger partial charge on any atom is 0.338 e. The van der Waals surface area contributed by atoms with Gasteiger partial charge in [0.25, 0.3) is 11.8 Å². The number of anilines is 1. The van der Waals surface area contributed by atoms with Gasteiger partial charge in [-0.05, 0) is 68.1 Å². The molecule has 10 nitrogen and oxygen atoms in total. The monoisotopic (exact) mass is 591 g/mol. The maximum atomic E-state index is 13.4. The molecule has 0 bridgehead atoms. The average Bonchev–Trinajstić information content (AvgIpc) is 3.03. The Bertz CT molecular complexity index is 1600. The highest BCUT2D eigenvalue weighted by Crippen LogP contribution is 2.37. The van der Waals surface area contributed by atoms with E-state index in [0.717, 1.165) is 37.0 Å². The molecule has 0 radical (unpaired) electrons. The van der Waals surface area contributed by atoms with Crippen LogP contribution in [0.4, 0.5) is 5.69 Å². The second kappa shape index (κ2) is 11.8. The largest absolute Gasteiger partial charge is 0.462 e. The molecule has 220 valence electrons. The fourth-order valence-electron chi connectivity index (χ4n) is 5.91. The van der Waals surface area contributed by atoms with Crippen LogP contribution in [0.2, 0.25) is 0 Å². The summed E-state index contributed by atoms with van der Waals surface area (Å²) in [6.45, 7) is 3.29. The number of carbonyl (C=O) groups excluding carboxylic acids is 3. The Balaban J connectivity index is 1.08. The first-order valence-electron chi connectivity index (χ1n) is 14.4. The second-order valence-corrected chi connectivity index (χ2v) is 12.6. The predicted octanol–water partition coefficient (Wildman–Crippen LogP) is 3.69. The molecule has 2 amide bonds. The standard InChI is InChI=1S/C31H33N3O7S/c35-29-25-7-4-6-24-27(32-14-2-1-3-15-32)13-12-26(28(24)25)30(36)34(29)16-5-19-41-31(37)22-8-10-23(11-9-22)42(38,39)33-17-20-40-21-18-33/h4,6-13H,1-3,5,14-21H2. The van der Waals surface area contributed by atoms with Crippen LogP contribution in [0.5, 0.6) is 0 Å². The molecular weight excluding hydrogens is 558 g/mol. The van der Waals surface area contributed by atoms with Crippen molar-refractivity contribution in [3.05, 3.63) is 71.3 Å². The summed E-state index contributed by atoms with van der Waals surface area (Å²) in [4.78, 5) is 43.0. The number of piperidine rings is 1. The summed E-state index contributed by atoms with van der Waals surface area (Å²) in [5.41, 5.74) is 2.28. The minimum absolute atomic E-state index is 0.00528. The molecule has 0 spiro atoms. The van der Waals surface area contributed by atoms with Gasteiger partial charge in [0.05, 0.1) is 30.3 Å². The average molecular weight is 592 g/mol. The lowest BCUT2D eigenvalue weighted by molar-refractivity contribution is 0.0476. The van der Waals surface area contributed by atoms with E-state index in [1.165, 1.54) is 39.9 Å². The van der Waals surface area contributed by atoms with Crippen LogP contribution in [0, 0.1) is 0 Å². The van der Waals surface area contributed by atoms with Crippen molar-refractivity contribution in [2.75, 3.05) is 57.4 Å². The topological polar surface area (TPSA) is 114 Å². The minimum atomic E-state index is -3.66. The number of hydrogen-bond donors (Lipinski definition) is 0. The highest BCUT2D eigenvalue weighted by atomic mass is 32.2. The molecule has 6 rings (SSSR count). The normalized spacial score (nSPS) is 18.0. The van der Waals surface area contributed by atoms with Gasteiger partial charge >= 0.3 is 5.97 Å². The molecule has 2 fully saturated rings. The second-order valence-electron chi connectivity index (χ2n) is 10.7. The van der Waals surface area contributed by atoms with Crippen LogP contribution in [0.25, 0.3) is 10.8 Å². The number of esters is 1. The molecule has 0 N–H and O–H groups in total. The fourth-order valence-corrected chi connectivity index (χ4v) is 7.32. The molecule has 0 aliphatic carbocycles. The van der Waals surface area contributed by atoms with Gasteiger partial charge in [-0.25, -0.2) is 13.2 Å². The van der Waals surface area contributed by atoms with Crippen LogP contribution in [0.3, 0.4) is 0 Å². The van der Waals surface area contributed by atoms with Gasteiger partial charge in [-0.15, -0.1) is 0 Å². The third-order valence-corrected chi connectivity index (χ3v) is 10.0. The third kappa shape index (κ3) is 5.28. The van der Waals surface area contributed by atoms with E-state index in [-0.39, 0.29) is 54.9 Å². The first-order chi connectivity index (χ1) is 20.4. The van der Waals surface area contributed by atoms with Gasteiger partial charge in [0.15, 0.2) is 0 Å². The Morgan fingerprint density at radius 1 is 0.833 bits per heavy atom. The fraction of sp³-hybridized carbons (Fsp3) is 0.387. The highest BCUT2D eigenvalue weighted by molar-refractivity contribution is 7.89. The molecule has 2 saturated heterocycles. The number of carbonyl (C=O) groups is 3. The van der Waals surface area contributed by atoms with Crippen molar-refractivity contribution in [1.82, 2.24) is 9.21 Å². The van der Waals surface area contributed by atoms with Crippen molar-refractivity contribution in [3.8, 4) is 0 Å². The third-order valence-electron chi connectivity index (χ3n) is 8.12.